The maximum atomic E-state index is 12.0. The normalized spacial score (nSPS) is 11.3. The molecule has 0 aliphatic carbocycles. The summed E-state index contributed by atoms with van der Waals surface area (Å²) in [5, 5.41) is 4.83. The van der Waals surface area contributed by atoms with Crippen LogP contribution in [0.1, 0.15) is 34.8 Å². The topological polar surface area (TPSA) is 41.5 Å². The van der Waals surface area contributed by atoms with Crippen LogP contribution < -0.4 is 5.43 Å². The van der Waals surface area contributed by atoms with E-state index in [9.17, 15) is 4.79 Å². The molecule has 4 heteroatoms. The summed E-state index contributed by atoms with van der Waals surface area (Å²) in [6.07, 6.45) is 0.740. The average Bonchev–Trinajstić information content (AvgIpc) is 2.50. The van der Waals surface area contributed by atoms with Gasteiger partial charge in [0.05, 0.1) is 5.71 Å². The van der Waals surface area contributed by atoms with Gasteiger partial charge < -0.3 is 0 Å². The lowest BCUT2D eigenvalue weighted by atomic mass is 10.1. The Kier molecular flexibility index (Phi) is 5.12. The van der Waals surface area contributed by atoms with E-state index in [0.717, 1.165) is 17.7 Å². The van der Waals surface area contributed by atoms with Gasteiger partial charge in [0.1, 0.15) is 0 Å². The number of nitrogens with zero attached hydrogens (tertiary/aromatic N) is 1. The highest BCUT2D eigenvalue weighted by Gasteiger charge is 2.06. The van der Waals surface area contributed by atoms with Gasteiger partial charge in [-0.05, 0) is 43.2 Å². The number of rotatable bonds is 4. The fourth-order valence-electron chi connectivity index (χ4n) is 1.88. The third kappa shape index (κ3) is 4.17. The molecule has 21 heavy (non-hydrogen) atoms. The Morgan fingerprint density at radius 3 is 2.19 bits per heavy atom. The largest absolute Gasteiger partial charge is 0.271 e. The minimum Gasteiger partial charge on any atom is -0.267 e. The van der Waals surface area contributed by atoms with Crippen molar-refractivity contribution < 1.29 is 4.79 Å². The molecule has 0 saturated carbocycles. The van der Waals surface area contributed by atoms with Crippen molar-refractivity contribution in [2.24, 2.45) is 5.10 Å². The Bertz CT molecular complexity index is 645. The van der Waals surface area contributed by atoms with Crippen molar-refractivity contribution in [1.82, 2.24) is 5.43 Å². The molecule has 0 spiro atoms. The number of nitrogens with one attached hydrogen (secondary N) is 1. The Balaban J connectivity index is 2.12. The molecule has 2 aromatic carbocycles. The van der Waals surface area contributed by atoms with E-state index in [1.807, 2.05) is 38.1 Å². The maximum Gasteiger partial charge on any atom is 0.271 e. The van der Waals surface area contributed by atoms with E-state index in [1.54, 1.807) is 24.3 Å². The van der Waals surface area contributed by atoms with Gasteiger partial charge in [0.25, 0.3) is 5.91 Å². The first kappa shape index (κ1) is 15.3. The van der Waals surface area contributed by atoms with Crippen molar-refractivity contribution in [2.75, 3.05) is 0 Å². The van der Waals surface area contributed by atoms with Gasteiger partial charge in [-0.15, -0.1) is 0 Å². The lowest BCUT2D eigenvalue weighted by Gasteiger charge is -2.06. The lowest BCUT2D eigenvalue weighted by Crippen LogP contribution is -2.19. The SMILES string of the molecule is CC/C(=N\NC(=O)c1ccc(Cl)cc1)c1ccc(C)cc1. The number of hydrogen-bond donors (Lipinski definition) is 1. The zero-order chi connectivity index (χ0) is 15.2. The smallest absolute Gasteiger partial charge is 0.267 e. The van der Waals surface area contributed by atoms with Gasteiger partial charge in [-0.2, -0.15) is 5.10 Å². The number of carbonyl (C=O) groups is 1. The second-order valence-corrected chi connectivity index (χ2v) is 5.16. The standard InChI is InChI=1S/C17H17ClN2O/c1-3-16(13-6-4-12(2)5-7-13)19-20-17(21)14-8-10-15(18)11-9-14/h4-11H,3H2,1-2H3,(H,20,21)/b19-16+. The van der Waals surface area contributed by atoms with Crippen molar-refractivity contribution in [3.63, 3.8) is 0 Å². The van der Waals surface area contributed by atoms with Gasteiger partial charge in [0, 0.05) is 10.6 Å². The molecule has 0 aliphatic heterocycles. The van der Waals surface area contributed by atoms with Crippen LogP contribution in [0.5, 0.6) is 0 Å². The van der Waals surface area contributed by atoms with Gasteiger partial charge in [0.2, 0.25) is 0 Å². The minimum absolute atomic E-state index is 0.246. The van der Waals surface area contributed by atoms with Crippen LogP contribution in [0.2, 0.25) is 5.02 Å². The summed E-state index contributed by atoms with van der Waals surface area (Å²) in [7, 11) is 0. The van der Waals surface area contributed by atoms with E-state index < -0.39 is 0 Å². The van der Waals surface area contributed by atoms with Crippen molar-refractivity contribution in [3.05, 3.63) is 70.2 Å². The number of carbonyl (C=O) groups excluding carboxylic acids is 1. The molecule has 0 fully saturated rings. The second kappa shape index (κ2) is 7.04. The molecule has 0 aromatic heterocycles. The van der Waals surface area contributed by atoms with Crippen molar-refractivity contribution in [1.29, 1.82) is 0 Å². The quantitative estimate of drug-likeness (QED) is 0.667. The van der Waals surface area contributed by atoms with Crippen LogP contribution >= 0.6 is 11.6 Å². The monoisotopic (exact) mass is 300 g/mol. The Morgan fingerprint density at radius 2 is 1.62 bits per heavy atom. The minimum atomic E-state index is -0.246. The van der Waals surface area contributed by atoms with E-state index in [0.29, 0.717) is 10.6 Å². The molecule has 3 nitrogen and oxygen atoms in total. The van der Waals surface area contributed by atoms with E-state index in [1.165, 1.54) is 5.56 Å². The number of hydrogen-bond acceptors (Lipinski definition) is 2. The number of hydrazone groups is 1. The Morgan fingerprint density at radius 1 is 1.05 bits per heavy atom. The second-order valence-electron chi connectivity index (χ2n) is 4.73. The number of aryl methyl sites for hydroxylation is 1. The zero-order valence-electron chi connectivity index (χ0n) is 12.1. The molecular formula is C17H17ClN2O. The van der Waals surface area contributed by atoms with Gasteiger partial charge >= 0.3 is 0 Å². The number of halogens is 1. The maximum absolute atomic E-state index is 12.0. The first-order chi connectivity index (χ1) is 10.1. The van der Waals surface area contributed by atoms with Crippen molar-refractivity contribution in [2.45, 2.75) is 20.3 Å². The molecule has 0 saturated heterocycles. The predicted octanol–water partition coefficient (Wildman–Crippen LogP) is 4.19. The Hall–Kier alpha value is -2.13. The molecule has 1 amide bonds. The van der Waals surface area contributed by atoms with Gasteiger partial charge in [0.15, 0.2) is 0 Å². The molecule has 0 unspecified atom stereocenters. The average molecular weight is 301 g/mol. The first-order valence-corrected chi connectivity index (χ1v) is 7.17. The van der Waals surface area contributed by atoms with Crippen LogP contribution in [0.3, 0.4) is 0 Å². The lowest BCUT2D eigenvalue weighted by molar-refractivity contribution is 0.0955. The third-order valence-electron chi connectivity index (χ3n) is 3.12. The van der Waals surface area contributed by atoms with E-state index in [2.05, 4.69) is 10.5 Å². The fourth-order valence-corrected chi connectivity index (χ4v) is 2.00. The highest BCUT2D eigenvalue weighted by atomic mass is 35.5. The van der Waals surface area contributed by atoms with Gasteiger partial charge in [-0.25, -0.2) is 5.43 Å². The van der Waals surface area contributed by atoms with Crippen LogP contribution in [0.25, 0.3) is 0 Å². The van der Waals surface area contributed by atoms with Crippen LogP contribution in [0.15, 0.2) is 53.6 Å². The summed E-state index contributed by atoms with van der Waals surface area (Å²) in [6.45, 7) is 4.04. The van der Waals surface area contributed by atoms with Gasteiger partial charge in [-0.1, -0.05) is 48.4 Å². The van der Waals surface area contributed by atoms with E-state index >= 15 is 0 Å². The fraction of sp³-hybridized carbons (Fsp3) is 0.176. The Labute approximate surface area is 129 Å². The predicted molar refractivity (Wildman–Crippen MR) is 86.9 cm³/mol. The van der Waals surface area contributed by atoms with Crippen LogP contribution in [0, 0.1) is 6.92 Å². The van der Waals surface area contributed by atoms with E-state index in [-0.39, 0.29) is 5.91 Å². The number of amides is 1. The summed E-state index contributed by atoms with van der Waals surface area (Å²) in [5.74, 6) is -0.246. The third-order valence-corrected chi connectivity index (χ3v) is 3.37. The summed E-state index contributed by atoms with van der Waals surface area (Å²) in [6, 6.07) is 14.8. The van der Waals surface area contributed by atoms with Crippen LogP contribution in [-0.4, -0.2) is 11.6 Å². The summed E-state index contributed by atoms with van der Waals surface area (Å²) < 4.78 is 0. The molecule has 0 atom stereocenters. The molecule has 0 aliphatic rings. The molecule has 1 N–H and O–H groups in total. The highest BCUT2D eigenvalue weighted by molar-refractivity contribution is 6.30. The zero-order valence-corrected chi connectivity index (χ0v) is 12.8. The number of benzene rings is 2. The summed E-state index contributed by atoms with van der Waals surface area (Å²) in [4.78, 5) is 12.0. The molecule has 0 heterocycles. The van der Waals surface area contributed by atoms with E-state index in [4.69, 9.17) is 11.6 Å². The molecule has 2 aromatic rings. The molecule has 0 radical (unpaired) electrons. The molecule has 2 rings (SSSR count). The highest BCUT2D eigenvalue weighted by Crippen LogP contribution is 2.10. The summed E-state index contributed by atoms with van der Waals surface area (Å²) in [5.41, 5.74) is 6.17. The van der Waals surface area contributed by atoms with Gasteiger partial charge in [-0.3, -0.25) is 4.79 Å². The molecule has 108 valence electrons. The van der Waals surface area contributed by atoms with Crippen molar-refractivity contribution >= 4 is 23.2 Å². The molecular weight excluding hydrogens is 284 g/mol. The van der Waals surface area contributed by atoms with Crippen LogP contribution in [0.4, 0.5) is 0 Å². The summed E-state index contributed by atoms with van der Waals surface area (Å²) >= 11 is 5.80. The first-order valence-electron chi connectivity index (χ1n) is 6.79. The van der Waals surface area contributed by atoms with Crippen molar-refractivity contribution in [3.8, 4) is 0 Å². The van der Waals surface area contributed by atoms with Crippen LogP contribution in [-0.2, 0) is 0 Å². The molecule has 0 bridgehead atoms.